The van der Waals surface area contributed by atoms with Gasteiger partial charge in [-0.25, -0.2) is 4.79 Å². The van der Waals surface area contributed by atoms with E-state index >= 15 is 0 Å². The maximum absolute atomic E-state index is 13.1. The molecule has 0 aromatic heterocycles. The van der Waals surface area contributed by atoms with E-state index in [1.165, 1.54) is 6.92 Å². The highest BCUT2D eigenvalue weighted by Crippen LogP contribution is 2.38. The second-order valence-corrected chi connectivity index (χ2v) is 12.2. The fourth-order valence-corrected chi connectivity index (χ4v) is 2.70. The molecule has 0 aliphatic carbocycles. The largest absolute Gasteiger partial charge is 0.464 e. The average molecular weight is 370 g/mol. The van der Waals surface area contributed by atoms with Crippen molar-refractivity contribution in [2.75, 3.05) is 13.2 Å². The minimum absolute atomic E-state index is 0.0219. The van der Waals surface area contributed by atoms with E-state index in [1.807, 2.05) is 13.1 Å². The van der Waals surface area contributed by atoms with Crippen molar-refractivity contribution in [1.29, 1.82) is 0 Å². The molecule has 0 radical (unpaired) electrons. The van der Waals surface area contributed by atoms with Crippen molar-refractivity contribution < 1.29 is 32.2 Å². The lowest BCUT2D eigenvalue weighted by Gasteiger charge is -2.36. The Bertz CT molecular complexity index is 455. The van der Waals surface area contributed by atoms with Crippen LogP contribution in [0.5, 0.6) is 0 Å². The van der Waals surface area contributed by atoms with Crippen LogP contribution in [-0.2, 0) is 14.0 Å². The zero-order chi connectivity index (χ0) is 19.4. The number of carbonyl (C=O) groups excluding carboxylic acids is 1. The van der Waals surface area contributed by atoms with Crippen molar-refractivity contribution in [3.05, 3.63) is 12.2 Å². The molecule has 142 valence electrons. The number of aliphatic hydroxyl groups is 1. The van der Waals surface area contributed by atoms with Gasteiger partial charge in [0, 0.05) is 13.0 Å². The third kappa shape index (κ3) is 5.89. The summed E-state index contributed by atoms with van der Waals surface area (Å²) < 4.78 is 49.5. The quantitative estimate of drug-likeness (QED) is 0.395. The van der Waals surface area contributed by atoms with Crippen molar-refractivity contribution in [3.63, 3.8) is 0 Å². The van der Waals surface area contributed by atoms with Gasteiger partial charge in [0.05, 0.1) is 6.61 Å². The van der Waals surface area contributed by atoms with Crippen LogP contribution in [-0.4, -0.2) is 44.4 Å². The molecular weight excluding hydrogens is 341 g/mol. The number of hydrogen-bond donors (Lipinski definition) is 1. The molecule has 0 bridgehead atoms. The van der Waals surface area contributed by atoms with Gasteiger partial charge in [0.1, 0.15) is 0 Å². The Morgan fingerprint density at radius 3 is 2.08 bits per heavy atom. The zero-order valence-electron chi connectivity index (χ0n) is 15.3. The minimum Gasteiger partial charge on any atom is -0.464 e. The zero-order valence-corrected chi connectivity index (χ0v) is 16.3. The summed E-state index contributed by atoms with van der Waals surface area (Å²) in [5.41, 5.74) is -3.49. The number of halogens is 3. The Morgan fingerprint density at radius 1 is 1.21 bits per heavy atom. The van der Waals surface area contributed by atoms with Crippen LogP contribution in [0.4, 0.5) is 13.2 Å². The monoisotopic (exact) mass is 370 g/mol. The highest BCUT2D eigenvalue weighted by molar-refractivity contribution is 6.74. The molecule has 24 heavy (non-hydrogen) atoms. The first kappa shape index (κ1) is 23.1. The smallest absolute Gasteiger partial charge is 0.428 e. The number of hydrogen-bond acceptors (Lipinski definition) is 4. The predicted octanol–water partition coefficient (Wildman–Crippen LogP) is 4.20. The summed E-state index contributed by atoms with van der Waals surface area (Å²) in [6.45, 7) is 15.1. The summed E-state index contributed by atoms with van der Waals surface area (Å²) in [6, 6.07) is 0. The van der Waals surface area contributed by atoms with E-state index in [1.54, 1.807) is 0 Å². The van der Waals surface area contributed by atoms with Gasteiger partial charge in [0.2, 0.25) is 0 Å². The highest BCUT2D eigenvalue weighted by Gasteiger charge is 2.60. The standard InChI is InChI=1S/C16H29F3O4Si/c1-8-22-13(20)15(21,16(17,18)19)11-12(2)9-10-23-24(6,7)14(3,4)5/h21H,2,8-11H2,1,3-7H3. The van der Waals surface area contributed by atoms with Crippen molar-refractivity contribution in [3.8, 4) is 0 Å². The topological polar surface area (TPSA) is 55.8 Å². The van der Waals surface area contributed by atoms with Gasteiger partial charge in [0.25, 0.3) is 5.60 Å². The van der Waals surface area contributed by atoms with E-state index in [-0.39, 0.29) is 30.2 Å². The number of esters is 1. The number of carbonyl (C=O) groups is 1. The Hall–Kier alpha value is -0.863. The van der Waals surface area contributed by atoms with Gasteiger partial charge in [0.15, 0.2) is 8.32 Å². The van der Waals surface area contributed by atoms with Crippen LogP contribution >= 0.6 is 0 Å². The van der Waals surface area contributed by atoms with E-state index in [0.717, 1.165) is 0 Å². The molecule has 4 nitrogen and oxygen atoms in total. The summed E-state index contributed by atoms with van der Waals surface area (Å²) in [5, 5.41) is 9.79. The van der Waals surface area contributed by atoms with Crippen LogP contribution < -0.4 is 0 Å². The molecule has 0 aliphatic rings. The van der Waals surface area contributed by atoms with Gasteiger partial charge in [-0.15, -0.1) is 0 Å². The van der Waals surface area contributed by atoms with Crippen LogP contribution in [0.1, 0.15) is 40.5 Å². The van der Waals surface area contributed by atoms with Crippen LogP contribution in [0, 0.1) is 0 Å². The Morgan fingerprint density at radius 2 is 1.71 bits per heavy atom. The summed E-state index contributed by atoms with van der Waals surface area (Å²) >= 11 is 0. The molecule has 0 aromatic rings. The fraction of sp³-hybridized carbons (Fsp3) is 0.812. The van der Waals surface area contributed by atoms with E-state index < -0.39 is 32.5 Å². The first-order valence-corrected chi connectivity index (χ1v) is 10.8. The Kier molecular flexibility index (Phi) is 7.72. The normalized spacial score (nSPS) is 15.8. The van der Waals surface area contributed by atoms with Crippen LogP contribution in [0.3, 0.4) is 0 Å². The molecule has 0 heterocycles. The number of alkyl halides is 3. The molecule has 8 heteroatoms. The molecule has 0 fully saturated rings. The number of rotatable bonds is 8. The second-order valence-electron chi connectivity index (χ2n) is 7.36. The van der Waals surface area contributed by atoms with Gasteiger partial charge in [-0.05, 0) is 31.5 Å². The fourth-order valence-electron chi connectivity index (χ4n) is 1.66. The van der Waals surface area contributed by atoms with Crippen molar-refractivity contribution in [2.45, 2.75) is 70.4 Å². The predicted molar refractivity (Wildman–Crippen MR) is 89.2 cm³/mol. The van der Waals surface area contributed by atoms with Gasteiger partial charge >= 0.3 is 12.1 Å². The van der Waals surface area contributed by atoms with Gasteiger partial charge in [-0.1, -0.05) is 32.9 Å². The molecule has 1 atom stereocenters. The highest BCUT2D eigenvalue weighted by atomic mass is 28.4. The lowest BCUT2D eigenvalue weighted by molar-refractivity contribution is -0.262. The molecule has 1 unspecified atom stereocenters. The molecule has 0 saturated heterocycles. The van der Waals surface area contributed by atoms with Crippen LogP contribution in [0.2, 0.25) is 18.1 Å². The molecule has 0 aromatic carbocycles. The maximum atomic E-state index is 13.1. The Labute approximate surface area is 143 Å². The number of ether oxygens (including phenoxy) is 1. The SMILES string of the molecule is C=C(CCO[Si](C)(C)C(C)(C)C)CC(O)(C(=O)OCC)C(F)(F)F. The summed E-state index contributed by atoms with van der Waals surface area (Å²) in [5.74, 6) is -1.70. The van der Waals surface area contributed by atoms with Gasteiger partial charge in [-0.3, -0.25) is 0 Å². The molecule has 0 aliphatic heterocycles. The molecule has 0 saturated carbocycles. The lowest BCUT2D eigenvalue weighted by atomic mass is 9.93. The van der Waals surface area contributed by atoms with E-state index in [0.29, 0.717) is 0 Å². The first-order valence-electron chi connectivity index (χ1n) is 7.85. The third-order valence-electron chi connectivity index (χ3n) is 4.31. The minimum atomic E-state index is -5.14. The molecule has 0 spiro atoms. The van der Waals surface area contributed by atoms with Crippen LogP contribution in [0.15, 0.2) is 12.2 Å². The molecule has 1 N–H and O–H groups in total. The Balaban J connectivity index is 4.86. The van der Waals surface area contributed by atoms with E-state index in [4.69, 9.17) is 4.43 Å². The first-order chi connectivity index (χ1) is 10.6. The van der Waals surface area contributed by atoms with Crippen LogP contribution in [0.25, 0.3) is 0 Å². The molecule has 0 amide bonds. The average Bonchev–Trinajstić information content (AvgIpc) is 2.35. The van der Waals surface area contributed by atoms with Crippen molar-refractivity contribution in [1.82, 2.24) is 0 Å². The third-order valence-corrected chi connectivity index (χ3v) is 8.85. The summed E-state index contributed by atoms with van der Waals surface area (Å²) in [7, 11) is -2.02. The summed E-state index contributed by atoms with van der Waals surface area (Å²) in [4.78, 5) is 11.6. The van der Waals surface area contributed by atoms with Crippen molar-refractivity contribution in [2.24, 2.45) is 0 Å². The van der Waals surface area contributed by atoms with Gasteiger partial charge in [-0.2, -0.15) is 13.2 Å². The van der Waals surface area contributed by atoms with E-state index in [2.05, 4.69) is 32.1 Å². The second kappa shape index (κ2) is 8.01. The van der Waals surface area contributed by atoms with Gasteiger partial charge < -0.3 is 14.3 Å². The molecule has 0 rings (SSSR count). The summed E-state index contributed by atoms with van der Waals surface area (Å²) in [6.07, 6.45) is -5.94. The lowest BCUT2D eigenvalue weighted by Crippen LogP contribution is -2.53. The van der Waals surface area contributed by atoms with Crippen molar-refractivity contribution >= 4 is 14.3 Å². The van der Waals surface area contributed by atoms with E-state index in [9.17, 15) is 23.1 Å². The maximum Gasteiger partial charge on any atom is 0.428 e. The molecular formula is C16H29F3O4Si.